The van der Waals surface area contributed by atoms with Crippen LogP contribution in [0.5, 0.6) is 5.75 Å². The third-order valence-corrected chi connectivity index (χ3v) is 4.53. The lowest BCUT2D eigenvalue weighted by molar-refractivity contribution is -0.162. The predicted octanol–water partition coefficient (Wildman–Crippen LogP) is 4.95. The van der Waals surface area contributed by atoms with Crippen LogP contribution in [0.3, 0.4) is 0 Å². The Balaban J connectivity index is 3.08. The van der Waals surface area contributed by atoms with E-state index in [1.807, 2.05) is 0 Å². The highest BCUT2D eigenvalue weighted by molar-refractivity contribution is 5.82. The van der Waals surface area contributed by atoms with Crippen LogP contribution in [0.1, 0.15) is 80.8 Å². The third kappa shape index (κ3) is 14.4. The summed E-state index contributed by atoms with van der Waals surface area (Å²) in [6.45, 7) is 15.0. The van der Waals surface area contributed by atoms with Crippen molar-refractivity contribution in [2.24, 2.45) is 5.92 Å². The van der Waals surface area contributed by atoms with Crippen molar-refractivity contribution in [3.8, 4) is 5.75 Å². The molecule has 1 aromatic rings. The van der Waals surface area contributed by atoms with Crippen LogP contribution < -0.4 is 10.1 Å². The van der Waals surface area contributed by atoms with E-state index in [4.69, 9.17) is 18.9 Å². The molecule has 9 nitrogen and oxygen atoms in total. The fourth-order valence-corrected chi connectivity index (χ4v) is 3.15. The van der Waals surface area contributed by atoms with Crippen molar-refractivity contribution < 1.29 is 37.7 Å². The van der Waals surface area contributed by atoms with Crippen molar-refractivity contribution in [3.05, 3.63) is 24.0 Å². The highest BCUT2D eigenvalue weighted by atomic mass is 19.1. The highest BCUT2D eigenvalue weighted by Crippen LogP contribution is 2.22. The summed E-state index contributed by atoms with van der Waals surface area (Å²) in [5, 5.41) is 2.58. The van der Waals surface area contributed by atoms with E-state index in [9.17, 15) is 18.8 Å². The third-order valence-electron chi connectivity index (χ3n) is 4.53. The Labute approximate surface area is 219 Å². The number of esters is 2. The summed E-state index contributed by atoms with van der Waals surface area (Å²) in [4.78, 5) is 42.7. The minimum absolute atomic E-state index is 0.0712. The lowest BCUT2D eigenvalue weighted by Crippen LogP contribution is -2.46. The minimum Gasteiger partial charge on any atom is -0.489 e. The van der Waals surface area contributed by atoms with E-state index >= 15 is 0 Å². The number of ether oxygens (including phenoxy) is 4. The number of alkyl halides is 1. The number of carbonyl (C=O) groups is 3. The topological polar surface area (TPSA) is 113 Å². The Kier molecular flexibility index (Phi) is 11.8. The van der Waals surface area contributed by atoms with E-state index in [0.717, 1.165) is 0 Å². The number of nitrogens with one attached hydrogen (secondary N) is 1. The van der Waals surface area contributed by atoms with Gasteiger partial charge in [0.1, 0.15) is 41.9 Å². The number of pyridine rings is 1. The SMILES string of the molecule is CC(C)(C)OC(=O)N[C@@H](CCC(Cc1ccc(OCCF)cn1)C(=O)OC(C)(C)C)C(=O)OC(C)(C)C. The first-order valence-electron chi connectivity index (χ1n) is 12.5. The van der Waals surface area contributed by atoms with Gasteiger partial charge in [0.2, 0.25) is 0 Å². The molecule has 0 aliphatic rings. The molecule has 1 heterocycles. The second-order valence-electron chi connectivity index (χ2n) is 11.8. The van der Waals surface area contributed by atoms with Crippen LogP contribution in [-0.2, 0) is 30.2 Å². The van der Waals surface area contributed by atoms with Gasteiger partial charge < -0.3 is 24.3 Å². The smallest absolute Gasteiger partial charge is 0.408 e. The van der Waals surface area contributed by atoms with Gasteiger partial charge in [-0.25, -0.2) is 14.0 Å². The maximum atomic E-state index is 13.0. The summed E-state index contributed by atoms with van der Waals surface area (Å²) < 4.78 is 34.0. The van der Waals surface area contributed by atoms with Crippen LogP contribution in [0.25, 0.3) is 0 Å². The molecule has 210 valence electrons. The monoisotopic (exact) mass is 526 g/mol. The van der Waals surface area contributed by atoms with Gasteiger partial charge in [0.15, 0.2) is 0 Å². The summed E-state index contributed by atoms with van der Waals surface area (Å²) in [5.74, 6) is -1.32. The number of nitrogens with zero attached hydrogens (tertiary/aromatic N) is 1. The Morgan fingerprint density at radius 1 is 0.865 bits per heavy atom. The van der Waals surface area contributed by atoms with Crippen LogP contribution in [0, 0.1) is 5.92 Å². The maximum Gasteiger partial charge on any atom is 0.408 e. The van der Waals surface area contributed by atoms with E-state index in [0.29, 0.717) is 11.4 Å². The van der Waals surface area contributed by atoms with Crippen molar-refractivity contribution >= 4 is 18.0 Å². The molecule has 0 radical (unpaired) electrons. The number of halogens is 1. The Morgan fingerprint density at radius 2 is 1.43 bits per heavy atom. The number of aromatic nitrogens is 1. The average molecular weight is 527 g/mol. The van der Waals surface area contributed by atoms with E-state index in [1.54, 1.807) is 74.4 Å². The molecule has 1 aromatic heterocycles. The number of alkyl carbamates (subject to hydrolysis) is 1. The van der Waals surface area contributed by atoms with Gasteiger partial charge in [-0.15, -0.1) is 0 Å². The van der Waals surface area contributed by atoms with Crippen molar-refractivity contribution in [1.29, 1.82) is 0 Å². The van der Waals surface area contributed by atoms with Crippen LogP contribution in [0.15, 0.2) is 18.3 Å². The average Bonchev–Trinajstić information content (AvgIpc) is 2.71. The summed E-state index contributed by atoms with van der Waals surface area (Å²) in [6.07, 6.45) is 1.24. The molecule has 37 heavy (non-hydrogen) atoms. The second kappa shape index (κ2) is 13.6. The van der Waals surface area contributed by atoms with Crippen LogP contribution in [-0.4, -0.2) is 59.1 Å². The summed E-state index contributed by atoms with van der Waals surface area (Å²) in [7, 11) is 0. The van der Waals surface area contributed by atoms with Crippen molar-refractivity contribution in [1.82, 2.24) is 10.3 Å². The van der Waals surface area contributed by atoms with Crippen molar-refractivity contribution in [3.63, 3.8) is 0 Å². The standard InChI is InChI=1S/C27H43FN2O7/c1-25(2,3)35-22(31)18(16-19-11-12-20(17-29-19)34-15-14-28)10-13-21(23(32)36-26(4,5)6)30-24(33)37-27(7,8)9/h11-12,17-18,21H,10,13-16H2,1-9H3,(H,30,33)/t18?,21-/m0/s1. The van der Waals surface area contributed by atoms with Crippen molar-refractivity contribution in [2.45, 2.75) is 104 Å². The molecular weight excluding hydrogens is 483 g/mol. The Morgan fingerprint density at radius 3 is 1.92 bits per heavy atom. The van der Waals surface area contributed by atoms with Gasteiger partial charge in [-0.1, -0.05) is 0 Å². The molecule has 0 fully saturated rings. The van der Waals surface area contributed by atoms with Gasteiger partial charge in [0.25, 0.3) is 0 Å². The number of rotatable bonds is 11. The molecule has 0 saturated heterocycles. The van der Waals surface area contributed by atoms with Gasteiger partial charge >= 0.3 is 18.0 Å². The van der Waals surface area contributed by atoms with Crippen LogP contribution >= 0.6 is 0 Å². The fourth-order valence-electron chi connectivity index (χ4n) is 3.15. The van der Waals surface area contributed by atoms with Crippen LogP contribution in [0.4, 0.5) is 9.18 Å². The Hall–Kier alpha value is -2.91. The number of hydrogen-bond acceptors (Lipinski definition) is 8. The summed E-state index contributed by atoms with van der Waals surface area (Å²) >= 11 is 0. The lowest BCUT2D eigenvalue weighted by atomic mass is 9.94. The van der Waals surface area contributed by atoms with Crippen molar-refractivity contribution in [2.75, 3.05) is 13.3 Å². The number of carbonyl (C=O) groups excluding carboxylic acids is 3. The zero-order chi connectivity index (χ0) is 28.4. The summed E-state index contributed by atoms with van der Waals surface area (Å²) in [5.41, 5.74) is -1.65. The molecule has 1 amide bonds. The first-order valence-corrected chi connectivity index (χ1v) is 12.5. The molecule has 1 unspecified atom stereocenters. The zero-order valence-corrected chi connectivity index (χ0v) is 23.6. The van der Waals surface area contributed by atoms with Gasteiger partial charge in [0, 0.05) is 12.1 Å². The molecule has 0 bridgehead atoms. The zero-order valence-electron chi connectivity index (χ0n) is 23.6. The molecule has 1 N–H and O–H groups in total. The first-order chi connectivity index (χ1) is 16.9. The number of amides is 1. The largest absolute Gasteiger partial charge is 0.489 e. The quantitative estimate of drug-likeness (QED) is 0.318. The van der Waals surface area contributed by atoms with E-state index in [-0.39, 0.29) is 25.9 Å². The molecule has 1 rings (SSSR count). The Bertz CT molecular complexity index is 884. The van der Waals surface area contributed by atoms with E-state index in [2.05, 4.69) is 10.3 Å². The van der Waals surface area contributed by atoms with E-state index < -0.39 is 53.5 Å². The van der Waals surface area contributed by atoms with Gasteiger partial charge in [-0.05, 0) is 87.3 Å². The predicted molar refractivity (Wildman–Crippen MR) is 137 cm³/mol. The minimum atomic E-state index is -1.04. The maximum absolute atomic E-state index is 13.0. The lowest BCUT2D eigenvalue weighted by Gasteiger charge is -2.28. The summed E-state index contributed by atoms with van der Waals surface area (Å²) in [6, 6.07) is 2.30. The molecule has 0 aliphatic carbocycles. The molecular formula is C27H43FN2O7. The first kappa shape index (κ1) is 32.1. The molecule has 0 spiro atoms. The number of hydrogen-bond donors (Lipinski definition) is 1. The molecule has 0 aliphatic heterocycles. The van der Waals surface area contributed by atoms with E-state index in [1.165, 1.54) is 6.20 Å². The highest BCUT2D eigenvalue weighted by Gasteiger charge is 2.32. The fraction of sp³-hybridized carbons (Fsp3) is 0.704. The van der Waals surface area contributed by atoms with Gasteiger partial charge in [0.05, 0.1) is 12.1 Å². The second-order valence-corrected chi connectivity index (χ2v) is 11.8. The van der Waals surface area contributed by atoms with Crippen LogP contribution in [0.2, 0.25) is 0 Å². The molecule has 0 saturated carbocycles. The van der Waals surface area contributed by atoms with Gasteiger partial charge in [-0.3, -0.25) is 9.78 Å². The molecule has 10 heteroatoms. The molecule has 2 atom stereocenters. The molecule has 0 aromatic carbocycles. The normalized spacial score (nSPS) is 13.8. The van der Waals surface area contributed by atoms with Gasteiger partial charge in [-0.2, -0.15) is 0 Å².